The molecule has 0 aliphatic heterocycles. The number of carboxylic acids is 1. The van der Waals surface area contributed by atoms with Gasteiger partial charge in [0.15, 0.2) is 0 Å². The number of nitrogens with two attached hydrogens (primary N) is 1. The fourth-order valence-electron chi connectivity index (χ4n) is 1.07. The Morgan fingerprint density at radius 2 is 2.07 bits per heavy atom. The van der Waals surface area contributed by atoms with Crippen LogP contribution in [0.5, 0.6) is 0 Å². The Morgan fingerprint density at radius 3 is 2.43 bits per heavy atom. The normalized spacial score (nSPS) is 12.2. The van der Waals surface area contributed by atoms with E-state index in [1.165, 1.54) is 4.90 Å². The maximum Gasteiger partial charge on any atom is 0.305 e. The van der Waals surface area contributed by atoms with Crippen LogP contribution in [0, 0.1) is 5.92 Å². The highest BCUT2D eigenvalue weighted by Gasteiger charge is 2.18. The first-order valence-electron chi connectivity index (χ1n) is 4.73. The first-order chi connectivity index (χ1) is 6.52. The molecule has 0 rings (SSSR count). The quantitative estimate of drug-likeness (QED) is 0.630. The molecule has 3 N–H and O–H groups in total. The van der Waals surface area contributed by atoms with E-state index in [9.17, 15) is 9.59 Å². The second-order valence-electron chi connectivity index (χ2n) is 3.20. The fraction of sp³-hybridized carbons (Fsp3) is 0.778. The Balaban J connectivity index is 4.12. The zero-order valence-electron chi connectivity index (χ0n) is 8.69. The molecule has 5 nitrogen and oxygen atoms in total. The van der Waals surface area contributed by atoms with Gasteiger partial charge < -0.3 is 15.7 Å². The lowest BCUT2D eigenvalue weighted by molar-refractivity contribution is -0.139. The van der Waals surface area contributed by atoms with Crippen LogP contribution in [-0.4, -0.2) is 41.5 Å². The van der Waals surface area contributed by atoms with Gasteiger partial charge in [0.25, 0.3) is 0 Å². The van der Waals surface area contributed by atoms with Gasteiger partial charge in [0.05, 0.1) is 6.42 Å². The van der Waals surface area contributed by atoms with Crippen molar-refractivity contribution in [2.45, 2.75) is 20.3 Å². The molecule has 14 heavy (non-hydrogen) atoms. The summed E-state index contributed by atoms with van der Waals surface area (Å²) >= 11 is 0. The number of rotatable bonds is 6. The minimum absolute atomic E-state index is 0.0170. The van der Waals surface area contributed by atoms with E-state index >= 15 is 0 Å². The Bertz CT molecular complexity index is 206. The molecule has 1 unspecified atom stereocenters. The van der Waals surface area contributed by atoms with Crippen molar-refractivity contribution >= 4 is 11.9 Å². The van der Waals surface area contributed by atoms with Gasteiger partial charge in [-0.2, -0.15) is 0 Å². The van der Waals surface area contributed by atoms with Crippen LogP contribution in [-0.2, 0) is 9.59 Å². The molecule has 0 saturated carbocycles. The molecule has 0 saturated heterocycles. The second kappa shape index (κ2) is 6.37. The minimum Gasteiger partial charge on any atom is -0.481 e. The third-order valence-electron chi connectivity index (χ3n) is 2.06. The fourth-order valence-corrected chi connectivity index (χ4v) is 1.07. The lowest BCUT2D eigenvalue weighted by Crippen LogP contribution is -2.39. The van der Waals surface area contributed by atoms with E-state index in [4.69, 9.17) is 10.8 Å². The van der Waals surface area contributed by atoms with Crippen LogP contribution in [0.25, 0.3) is 0 Å². The monoisotopic (exact) mass is 202 g/mol. The number of amides is 1. The molecular formula is C9H18N2O3. The number of carbonyl (C=O) groups is 2. The second-order valence-corrected chi connectivity index (χ2v) is 3.20. The van der Waals surface area contributed by atoms with Gasteiger partial charge in [-0.05, 0) is 6.92 Å². The van der Waals surface area contributed by atoms with Crippen molar-refractivity contribution < 1.29 is 14.7 Å². The van der Waals surface area contributed by atoms with Crippen molar-refractivity contribution in [1.82, 2.24) is 4.90 Å². The number of hydrogen-bond acceptors (Lipinski definition) is 3. The molecule has 0 aliphatic rings. The van der Waals surface area contributed by atoms with Crippen LogP contribution < -0.4 is 5.73 Å². The summed E-state index contributed by atoms with van der Waals surface area (Å²) in [6.45, 7) is 4.64. The lowest BCUT2D eigenvalue weighted by Gasteiger charge is -2.22. The van der Waals surface area contributed by atoms with Gasteiger partial charge in [-0.25, -0.2) is 0 Å². The predicted octanol–water partition coefficient (Wildman–Crippen LogP) is -0.0956. The molecule has 0 aliphatic carbocycles. The van der Waals surface area contributed by atoms with E-state index in [0.29, 0.717) is 13.1 Å². The Labute approximate surface area is 83.9 Å². The molecular weight excluding hydrogens is 184 g/mol. The highest BCUT2D eigenvalue weighted by Crippen LogP contribution is 2.01. The Hall–Kier alpha value is -1.10. The molecule has 0 spiro atoms. The third-order valence-corrected chi connectivity index (χ3v) is 2.06. The summed E-state index contributed by atoms with van der Waals surface area (Å²) in [6, 6.07) is 0. The lowest BCUT2D eigenvalue weighted by atomic mass is 10.1. The maximum absolute atomic E-state index is 11.6. The van der Waals surface area contributed by atoms with E-state index in [-0.39, 0.29) is 24.8 Å². The molecule has 0 heterocycles. The van der Waals surface area contributed by atoms with Crippen LogP contribution in [0.3, 0.4) is 0 Å². The number of aliphatic carboxylic acids is 1. The number of nitrogens with zero attached hydrogens (tertiary/aromatic N) is 1. The summed E-state index contributed by atoms with van der Waals surface area (Å²) in [5, 5.41) is 8.47. The zero-order chi connectivity index (χ0) is 11.1. The molecule has 0 fully saturated rings. The summed E-state index contributed by atoms with van der Waals surface area (Å²) in [4.78, 5) is 23.4. The largest absolute Gasteiger partial charge is 0.481 e. The van der Waals surface area contributed by atoms with E-state index in [2.05, 4.69) is 0 Å². The van der Waals surface area contributed by atoms with E-state index in [0.717, 1.165) is 0 Å². The predicted molar refractivity (Wildman–Crippen MR) is 52.7 cm³/mol. The van der Waals surface area contributed by atoms with Crippen molar-refractivity contribution in [3.63, 3.8) is 0 Å². The van der Waals surface area contributed by atoms with Gasteiger partial charge in [0.2, 0.25) is 5.91 Å². The third kappa shape index (κ3) is 4.23. The van der Waals surface area contributed by atoms with E-state index < -0.39 is 5.97 Å². The molecule has 0 aromatic rings. The molecule has 82 valence electrons. The number of carbonyl (C=O) groups excluding carboxylic acids is 1. The highest BCUT2D eigenvalue weighted by molar-refractivity contribution is 5.79. The molecule has 5 heteroatoms. The summed E-state index contributed by atoms with van der Waals surface area (Å²) in [5.41, 5.74) is 5.36. The summed E-state index contributed by atoms with van der Waals surface area (Å²) in [6.07, 6.45) is -0.0170. The average Bonchev–Trinajstić information content (AvgIpc) is 2.16. The molecule has 0 radical (unpaired) electrons. The maximum atomic E-state index is 11.6. The molecule has 0 bridgehead atoms. The molecule has 1 amide bonds. The minimum atomic E-state index is -0.892. The average molecular weight is 202 g/mol. The summed E-state index contributed by atoms with van der Waals surface area (Å²) in [5.74, 6) is -1.20. The van der Waals surface area contributed by atoms with Crippen LogP contribution in [0.15, 0.2) is 0 Å². The van der Waals surface area contributed by atoms with Gasteiger partial charge in [0.1, 0.15) is 0 Å². The van der Waals surface area contributed by atoms with Gasteiger partial charge in [-0.3, -0.25) is 9.59 Å². The Kier molecular flexibility index (Phi) is 5.87. The van der Waals surface area contributed by atoms with Crippen molar-refractivity contribution in [2.24, 2.45) is 11.7 Å². The summed E-state index contributed by atoms with van der Waals surface area (Å²) in [7, 11) is 0. The standard InChI is InChI=1S/C9H18N2O3/c1-3-11(5-4-8(12)13)9(14)7(2)6-10/h7H,3-6,10H2,1-2H3,(H,12,13). The van der Waals surface area contributed by atoms with Crippen LogP contribution >= 0.6 is 0 Å². The van der Waals surface area contributed by atoms with Crippen molar-refractivity contribution in [3.05, 3.63) is 0 Å². The van der Waals surface area contributed by atoms with Crippen molar-refractivity contribution in [3.8, 4) is 0 Å². The van der Waals surface area contributed by atoms with Gasteiger partial charge in [0, 0.05) is 25.6 Å². The van der Waals surface area contributed by atoms with Crippen LogP contribution in [0.4, 0.5) is 0 Å². The topological polar surface area (TPSA) is 83.6 Å². The summed E-state index contributed by atoms with van der Waals surface area (Å²) < 4.78 is 0. The van der Waals surface area contributed by atoms with Gasteiger partial charge in [-0.15, -0.1) is 0 Å². The Morgan fingerprint density at radius 1 is 1.50 bits per heavy atom. The molecule has 0 aromatic carbocycles. The first-order valence-corrected chi connectivity index (χ1v) is 4.73. The van der Waals surface area contributed by atoms with Gasteiger partial charge in [-0.1, -0.05) is 6.92 Å². The number of hydrogen-bond donors (Lipinski definition) is 2. The first kappa shape index (κ1) is 12.9. The zero-order valence-corrected chi connectivity index (χ0v) is 8.69. The van der Waals surface area contributed by atoms with Gasteiger partial charge >= 0.3 is 5.97 Å². The molecule has 0 aromatic heterocycles. The van der Waals surface area contributed by atoms with Crippen LogP contribution in [0.2, 0.25) is 0 Å². The van der Waals surface area contributed by atoms with E-state index in [1.807, 2.05) is 6.92 Å². The highest BCUT2D eigenvalue weighted by atomic mass is 16.4. The van der Waals surface area contributed by atoms with Crippen LogP contribution in [0.1, 0.15) is 20.3 Å². The van der Waals surface area contributed by atoms with Crippen molar-refractivity contribution in [1.29, 1.82) is 0 Å². The number of carboxylic acid groups (broad SMARTS) is 1. The van der Waals surface area contributed by atoms with E-state index in [1.54, 1.807) is 6.92 Å². The molecule has 1 atom stereocenters. The van der Waals surface area contributed by atoms with Crippen molar-refractivity contribution in [2.75, 3.05) is 19.6 Å². The smallest absolute Gasteiger partial charge is 0.305 e. The SMILES string of the molecule is CCN(CCC(=O)O)C(=O)C(C)CN.